The third kappa shape index (κ3) is 5.37. The van der Waals surface area contributed by atoms with E-state index >= 15 is 0 Å². The average Bonchev–Trinajstić information content (AvgIpc) is 2.88. The Balaban J connectivity index is 1.58. The standard InChI is InChI=1S/C28H24N4O2/c29-26(30)22-14-7-15-23(17-22)27(33)32-25(20-11-5-2-6-12-20)28(34)31-24-16-8-13-21(18-24)19-9-3-1-4-10-19/h1-18,25H,(H3,29,30)(H,31,34)(H,32,33)/t25-/m1/s1. The largest absolute Gasteiger partial charge is 0.384 e. The molecule has 34 heavy (non-hydrogen) atoms. The van der Waals surface area contributed by atoms with Crippen molar-refractivity contribution in [2.24, 2.45) is 5.73 Å². The topological polar surface area (TPSA) is 108 Å². The maximum Gasteiger partial charge on any atom is 0.252 e. The number of nitrogen functional groups attached to an aromatic ring is 1. The minimum absolute atomic E-state index is 0.134. The summed E-state index contributed by atoms with van der Waals surface area (Å²) in [5.41, 5.74) is 9.58. The molecule has 6 heteroatoms. The second-order valence-corrected chi connectivity index (χ2v) is 7.75. The number of hydrogen-bond acceptors (Lipinski definition) is 3. The number of benzene rings is 4. The zero-order chi connectivity index (χ0) is 23.9. The summed E-state index contributed by atoms with van der Waals surface area (Å²) in [6.45, 7) is 0. The molecule has 0 saturated carbocycles. The maximum absolute atomic E-state index is 13.3. The summed E-state index contributed by atoms with van der Waals surface area (Å²) in [4.78, 5) is 26.3. The molecule has 0 bridgehead atoms. The van der Waals surface area contributed by atoms with E-state index in [1.165, 1.54) is 6.07 Å². The van der Waals surface area contributed by atoms with Crippen LogP contribution in [0.4, 0.5) is 5.69 Å². The molecule has 6 nitrogen and oxygen atoms in total. The Morgan fingerprint density at radius 1 is 0.706 bits per heavy atom. The molecular formula is C28H24N4O2. The predicted molar refractivity (Wildman–Crippen MR) is 135 cm³/mol. The Bertz CT molecular complexity index is 1320. The van der Waals surface area contributed by atoms with Gasteiger partial charge in [-0.3, -0.25) is 15.0 Å². The molecule has 168 valence electrons. The fraction of sp³-hybridized carbons (Fsp3) is 0.0357. The zero-order valence-electron chi connectivity index (χ0n) is 18.4. The van der Waals surface area contributed by atoms with Gasteiger partial charge in [0.2, 0.25) is 0 Å². The van der Waals surface area contributed by atoms with Gasteiger partial charge < -0.3 is 16.4 Å². The summed E-state index contributed by atoms with van der Waals surface area (Å²) in [5.74, 6) is -0.942. The summed E-state index contributed by atoms with van der Waals surface area (Å²) in [6, 6.07) is 32.0. The SMILES string of the molecule is N=C(N)c1cccc(C(=O)N[C@@H](C(=O)Nc2cccc(-c3ccccc3)c2)c2ccccc2)c1. The molecule has 0 unspecified atom stereocenters. The molecular weight excluding hydrogens is 424 g/mol. The van der Waals surface area contributed by atoms with Crippen molar-refractivity contribution >= 4 is 23.3 Å². The van der Waals surface area contributed by atoms with E-state index in [4.69, 9.17) is 11.1 Å². The highest BCUT2D eigenvalue weighted by atomic mass is 16.2. The summed E-state index contributed by atoms with van der Waals surface area (Å²) in [5, 5.41) is 13.4. The lowest BCUT2D eigenvalue weighted by Crippen LogP contribution is -2.37. The van der Waals surface area contributed by atoms with E-state index in [1.54, 1.807) is 30.3 Å². The van der Waals surface area contributed by atoms with Crippen molar-refractivity contribution in [3.8, 4) is 11.1 Å². The van der Waals surface area contributed by atoms with Crippen LogP contribution in [0.1, 0.15) is 27.5 Å². The summed E-state index contributed by atoms with van der Waals surface area (Å²) >= 11 is 0. The van der Waals surface area contributed by atoms with Gasteiger partial charge in [-0.15, -0.1) is 0 Å². The molecule has 0 aliphatic carbocycles. The van der Waals surface area contributed by atoms with Gasteiger partial charge in [0.05, 0.1) is 0 Å². The van der Waals surface area contributed by atoms with Gasteiger partial charge in [-0.1, -0.05) is 84.9 Å². The second kappa shape index (κ2) is 10.3. The molecule has 0 aliphatic rings. The van der Waals surface area contributed by atoms with Crippen LogP contribution in [-0.4, -0.2) is 17.6 Å². The van der Waals surface area contributed by atoms with E-state index in [9.17, 15) is 9.59 Å². The first-order chi connectivity index (χ1) is 16.5. The van der Waals surface area contributed by atoms with Gasteiger partial charge in [-0.25, -0.2) is 0 Å². The second-order valence-electron chi connectivity index (χ2n) is 7.75. The molecule has 0 radical (unpaired) electrons. The third-order valence-corrected chi connectivity index (χ3v) is 5.34. The summed E-state index contributed by atoms with van der Waals surface area (Å²) in [6.07, 6.45) is 0. The van der Waals surface area contributed by atoms with Crippen LogP contribution in [0.25, 0.3) is 11.1 Å². The Kier molecular flexibility index (Phi) is 6.79. The lowest BCUT2D eigenvalue weighted by atomic mass is 10.0. The lowest BCUT2D eigenvalue weighted by molar-refractivity contribution is -0.118. The van der Waals surface area contributed by atoms with E-state index in [2.05, 4.69) is 10.6 Å². The fourth-order valence-corrected chi connectivity index (χ4v) is 3.61. The summed E-state index contributed by atoms with van der Waals surface area (Å²) < 4.78 is 0. The number of anilines is 1. The normalized spacial score (nSPS) is 11.3. The average molecular weight is 449 g/mol. The van der Waals surface area contributed by atoms with Crippen molar-refractivity contribution in [3.63, 3.8) is 0 Å². The molecule has 4 aromatic rings. The number of amidine groups is 1. The van der Waals surface area contributed by atoms with Crippen molar-refractivity contribution < 1.29 is 9.59 Å². The number of rotatable bonds is 7. The van der Waals surface area contributed by atoms with Gasteiger partial charge in [-0.05, 0) is 41.0 Å². The number of amides is 2. The van der Waals surface area contributed by atoms with Crippen LogP contribution in [0, 0.1) is 5.41 Å². The van der Waals surface area contributed by atoms with Crippen molar-refractivity contribution in [2.45, 2.75) is 6.04 Å². The Hall–Kier alpha value is -4.71. The molecule has 1 atom stereocenters. The molecule has 0 fully saturated rings. The van der Waals surface area contributed by atoms with Crippen LogP contribution >= 0.6 is 0 Å². The zero-order valence-corrected chi connectivity index (χ0v) is 18.4. The van der Waals surface area contributed by atoms with Gasteiger partial charge >= 0.3 is 0 Å². The minimum atomic E-state index is -0.921. The number of nitrogens with two attached hydrogens (primary N) is 1. The highest BCUT2D eigenvalue weighted by molar-refractivity contribution is 6.03. The maximum atomic E-state index is 13.3. The van der Waals surface area contributed by atoms with E-state index in [0.29, 0.717) is 22.4 Å². The van der Waals surface area contributed by atoms with Gasteiger partial charge in [-0.2, -0.15) is 0 Å². The van der Waals surface area contributed by atoms with Crippen LogP contribution in [-0.2, 0) is 4.79 Å². The quantitative estimate of drug-likeness (QED) is 0.242. The Morgan fingerprint density at radius 3 is 2.03 bits per heavy atom. The molecule has 4 rings (SSSR count). The lowest BCUT2D eigenvalue weighted by Gasteiger charge is -2.19. The van der Waals surface area contributed by atoms with Crippen molar-refractivity contribution in [1.29, 1.82) is 5.41 Å². The highest BCUT2D eigenvalue weighted by Gasteiger charge is 2.24. The van der Waals surface area contributed by atoms with E-state index in [1.807, 2.05) is 72.8 Å². The molecule has 4 aromatic carbocycles. The first-order valence-corrected chi connectivity index (χ1v) is 10.8. The highest BCUT2D eigenvalue weighted by Crippen LogP contribution is 2.24. The van der Waals surface area contributed by atoms with E-state index in [0.717, 1.165) is 11.1 Å². The predicted octanol–water partition coefficient (Wildman–Crippen LogP) is 4.75. The number of hydrogen-bond donors (Lipinski definition) is 4. The Labute approximate surface area is 198 Å². The number of carbonyl (C=O) groups is 2. The van der Waals surface area contributed by atoms with Crippen LogP contribution in [0.2, 0.25) is 0 Å². The first kappa shape index (κ1) is 22.5. The number of carbonyl (C=O) groups excluding carboxylic acids is 2. The molecule has 0 heterocycles. The van der Waals surface area contributed by atoms with Crippen LogP contribution in [0.3, 0.4) is 0 Å². The van der Waals surface area contributed by atoms with Gasteiger partial charge in [0, 0.05) is 16.8 Å². The van der Waals surface area contributed by atoms with Crippen molar-refractivity contribution in [3.05, 3.63) is 126 Å². The first-order valence-electron chi connectivity index (χ1n) is 10.8. The van der Waals surface area contributed by atoms with Crippen molar-refractivity contribution in [2.75, 3.05) is 5.32 Å². The Morgan fingerprint density at radius 2 is 1.32 bits per heavy atom. The van der Waals surface area contributed by atoms with Gasteiger partial charge in [0.15, 0.2) is 0 Å². The number of nitrogens with one attached hydrogen (secondary N) is 3. The smallest absolute Gasteiger partial charge is 0.252 e. The third-order valence-electron chi connectivity index (χ3n) is 5.34. The monoisotopic (exact) mass is 448 g/mol. The molecule has 5 N–H and O–H groups in total. The van der Waals surface area contributed by atoms with E-state index < -0.39 is 11.9 Å². The van der Waals surface area contributed by atoms with Crippen molar-refractivity contribution in [1.82, 2.24) is 5.32 Å². The minimum Gasteiger partial charge on any atom is -0.384 e. The van der Waals surface area contributed by atoms with Crippen LogP contribution in [0.5, 0.6) is 0 Å². The van der Waals surface area contributed by atoms with E-state index in [-0.39, 0.29) is 11.7 Å². The molecule has 0 spiro atoms. The molecule has 0 aromatic heterocycles. The van der Waals surface area contributed by atoms with Crippen LogP contribution in [0.15, 0.2) is 109 Å². The molecule has 0 saturated heterocycles. The molecule has 2 amide bonds. The van der Waals surface area contributed by atoms with Gasteiger partial charge in [0.1, 0.15) is 11.9 Å². The fourth-order valence-electron chi connectivity index (χ4n) is 3.61. The van der Waals surface area contributed by atoms with Gasteiger partial charge in [0.25, 0.3) is 11.8 Å². The molecule has 0 aliphatic heterocycles. The summed E-state index contributed by atoms with van der Waals surface area (Å²) in [7, 11) is 0. The van der Waals surface area contributed by atoms with Crippen LogP contribution < -0.4 is 16.4 Å².